The van der Waals surface area contributed by atoms with Crippen LogP contribution in [0.1, 0.15) is 19.4 Å². The molecule has 2 aromatic carbocycles. The molecule has 0 atom stereocenters. The van der Waals surface area contributed by atoms with Gasteiger partial charge in [0.25, 0.3) is 0 Å². The van der Waals surface area contributed by atoms with Gasteiger partial charge in [0, 0.05) is 23.8 Å². The van der Waals surface area contributed by atoms with Crippen molar-refractivity contribution in [3.05, 3.63) is 48.0 Å². The first-order valence-corrected chi connectivity index (χ1v) is 8.34. The molecule has 0 fully saturated rings. The van der Waals surface area contributed by atoms with Gasteiger partial charge in [0.05, 0.1) is 14.2 Å². The number of carbonyl (C=O) groups excluding carboxylic acids is 1. The molecule has 0 saturated carbocycles. The molecular formula is C20H26N2O3. The van der Waals surface area contributed by atoms with Crippen LogP contribution in [0.4, 0.5) is 11.4 Å². The summed E-state index contributed by atoms with van der Waals surface area (Å²) in [5.41, 5.74) is 8.37. The van der Waals surface area contributed by atoms with E-state index in [0.29, 0.717) is 30.2 Å². The van der Waals surface area contributed by atoms with Crippen LogP contribution in [0, 0.1) is 5.92 Å². The summed E-state index contributed by atoms with van der Waals surface area (Å²) in [5, 5.41) is 0. The van der Waals surface area contributed by atoms with Crippen molar-refractivity contribution in [1.82, 2.24) is 0 Å². The molecule has 0 aliphatic heterocycles. The van der Waals surface area contributed by atoms with Crippen LogP contribution in [0.25, 0.3) is 0 Å². The second-order valence-electron chi connectivity index (χ2n) is 6.18. The summed E-state index contributed by atoms with van der Waals surface area (Å²) in [5.74, 6) is 1.39. The second kappa shape index (κ2) is 8.42. The van der Waals surface area contributed by atoms with Crippen molar-refractivity contribution in [2.45, 2.75) is 20.3 Å². The lowest BCUT2D eigenvalue weighted by molar-refractivity contribution is -0.121. The zero-order valence-corrected chi connectivity index (χ0v) is 15.3. The predicted octanol–water partition coefficient (Wildman–Crippen LogP) is 3.52. The van der Waals surface area contributed by atoms with E-state index in [4.69, 9.17) is 15.2 Å². The van der Waals surface area contributed by atoms with Crippen molar-refractivity contribution in [3.8, 4) is 11.5 Å². The zero-order chi connectivity index (χ0) is 18.4. The minimum Gasteiger partial charge on any atom is -0.493 e. The van der Waals surface area contributed by atoms with Gasteiger partial charge in [0.15, 0.2) is 11.5 Å². The second-order valence-corrected chi connectivity index (χ2v) is 6.18. The van der Waals surface area contributed by atoms with Crippen LogP contribution >= 0.6 is 0 Å². The third-order valence-electron chi connectivity index (χ3n) is 4.04. The molecule has 134 valence electrons. The lowest BCUT2D eigenvalue weighted by atomic mass is 10.1. The summed E-state index contributed by atoms with van der Waals surface area (Å²) < 4.78 is 10.6. The minimum absolute atomic E-state index is 0.0806. The molecule has 0 radical (unpaired) electrons. The molecule has 0 saturated heterocycles. The van der Waals surface area contributed by atoms with Gasteiger partial charge in [-0.2, -0.15) is 0 Å². The number of hydrogen-bond donors (Lipinski definition) is 1. The summed E-state index contributed by atoms with van der Waals surface area (Å²) in [4.78, 5) is 14.4. The maximum absolute atomic E-state index is 12.6. The number of rotatable bonds is 7. The van der Waals surface area contributed by atoms with Gasteiger partial charge in [0.1, 0.15) is 0 Å². The van der Waals surface area contributed by atoms with Crippen LogP contribution in [-0.2, 0) is 11.2 Å². The van der Waals surface area contributed by atoms with Gasteiger partial charge in [-0.1, -0.05) is 19.9 Å². The number of carbonyl (C=O) groups is 1. The number of nitrogens with zero attached hydrogens (tertiary/aromatic N) is 1. The minimum atomic E-state index is -0.0806. The number of methoxy groups -OCH3 is 2. The van der Waals surface area contributed by atoms with Gasteiger partial charge >= 0.3 is 0 Å². The Hall–Kier alpha value is -2.69. The Bertz CT molecular complexity index is 711. The number of hydrogen-bond acceptors (Lipinski definition) is 4. The highest BCUT2D eigenvalue weighted by molar-refractivity contribution is 5.94. The Balaban J connectivity index is 2.20. The van der Waals surface area contributed by atoms with Gasteiger partial charge in [-0.15, -0.1) is 0 Å². The van der Waals surface area contributed by atoms with Crippen molar-refractivity contribution < 1.29 is 14.3 Å². The number of ether oxygens (including phenoxy) is 2. The predicted molar refractivity (Wildman–Crippen MR) is 101 cm³/mol. The first-order valence-electron chi connectivity index (χ1n) is 8.34. The zero-order valence-electron chi connectivity index (χ0n) is 15.3. The maximum Gasteiger partial charge on any atom is 0.229 e. The molecule has 5 heteroatoms. The van der Waals surface area contributed by atoms with Crippen molar-refractivity contribution in [2.75, 3.05) is 31.4 Å². The Labute approximate surface area is 149 Å². The Morgan fingerprint density at radius 2 is 1.68 bits per heavy atom. The third-order valence-corrected chi connectivity index (χ3v) is 4.04. The van der Waals surface area contributed by atoms with Crippen LogP contribution in [0.3, 0.4) is 0 Å². The van der Waals surface area contributed by atoms with Crippen LogP contribution < -0.4 is 20.1 Å². The van der Waals surface area contributed by atoms with E-state index in [0.717, 1.165) is 11.3 Å². The highest BCUT2D eigenvalue weighted by atomic mass is 16.5. The molecule has 5 nitrogen and oxygen atoms in total. The first kappa shape index (κ1) is 18.6. The van der Waals surface area contributed by atoms with Crippen molar-refractivity contribution >= 4 is 17.3 Å². The topological polar surface area (TPSA) is 64.8 Å². The van der Waals surface area contributed by atoms with Crippen LogP contribution in [0.5, 0.6) is 11.5 Å². The molecule has 0 aliphatic carbocycles. The number of nitrogen functional groups attached to an aromatic ring is 1. The molecular weight excluding hydrogens is 316 g/mol. The van der Waals surface area contributed by atoms with Gasteiger partial charge in [-0.3, -0.25) is 4.79 Å². The Morgan fingerprint density at radius 1 is 1.04 bits per heavy atom. The van der Waals surface area contributed by atoms with E-state index in [-0.39, 0.29) is 11.8 Å². The number of nitrogens with two attached hydrogens (primary N) is 1. The van der Waals surface area contributed by atoms with Gasteiger partial charge in [-0.25, -0.2) is 0 Å². The molecule has 2 rings (SSSR count). The summed E-state index contributed by atoms with van der Waals surface area (Å²) in [6.45, 7) is 4.39. The van der Waals surface area contributed by atoms with Crippen molar-refractivity contribution in [1.29, 1.82) is 0 Å². The maximum atomic E-state index is 12.6. The first-order chi connectivity index (χ1) is 12.0. The highest BCUT2D eigenvalue weighted by Crippen LogP contribution is 2.28. The van der Waals surface area contributed by atoms with Crippen LogP contribution in [0.15, 0.2) is 42.5 Å². The quantitative estimate of drug-likeness (QED) is 0.782. The molecule has 0 aromatic heterocycles. The summed E-state index contributed by atoms with van der Waals surface area (Å²) in [6, 6.07) is 13.2. The fourth-order valence-corrected chi connectivity index (χ4v) is 2.61. The van der Waals surface area contributed by atoms with E-state index >= 15 is 0 Å². The van der Waals surface area contributed by atoms with Crippen LogP contribution in [0.2, 0.25) is 0 Å². The molecule has 0 bridgehead atoms. The lowest BCUT2D eigenvalue weighted by Crippen LogP contribution is -2.36. The van der Waals surface area contributed by atoms with Gasteiger partial charge in [-0.05, 0) is 48.4 Å². The van der Waals surface area contributed by atoms with Crippen LogP contribution in [-0.4, -0.2) is 26.7 Å². The summed E-state index contributed by atoms with van der Waals surface area (Å²) in [7, 11) is 3.23. The Morgan fingerprint density at radius 3 is 2.24 bits per heavy atom. The molecule has 1 amide bonds. The summed E-state index contributed by atoms with van der Waals surface area (Å²) in [6.07, 6.45) is 0.711. The fourth-order valence-electron chi connectivity index (χ4n) is 2.61. The van der Waals surface area contributed by atoms with Gasteiger partial charge < -0.3 is 20.1 Å². The molecule has 0 unspecified atom stereocenters. The van der Waals surface area contributed by atoms with E-state index in [1.165, 1.54) is 0 Å². The standard InChI is InChI=1S/C20H26N2O3/c1-14(2)20(23)22(17-8-6-16(21)7-9-17)12-11-15-5-10-18(24-3)19(13-15)25-4/h5-10,13-14H,11-12,21H2,1-4H3. The molecule has 2 N–H and O–H groups in total. The van der Waals surface area contributed by atoms with E-state index in [1.807, 2.05) is 56.3 Å². The molecule has 0 heterocycles. The number of anilines is 2. The average Bonchev–Trinajstić information content (AvgIpc) is 2.62. The SMILES string of the molecule is COc1ccc(CCN(C(=O)C(C)C)c2ccc(N)cc2)cc1OC. The molecule has 2 aromatic rings. The molecule has 25 heavy (non-hydrogen) atoms. The van der Waals surface area contributed by atoms with E-state index in [1.54, 1.807) is 19.1 Å². The fraction of sp³-hybridized carbons (Fsp3) is 0.350. The Kier molecular flexibility index (Phi) is 6.28. The van der Waals surface area contributed by atoms with Gasteiger partial charge in [0.2, 0.25) is 5.91 Å². The van der Waals surface area contributed by atoms with Crippen molar-refractivity contribution in [2.24, 2.45) is 5.92 Å². The summed E-state index contributed by atoms with van der Waals surface area (Å²) >= 11 is 0. The number of benzene rings is 2. The smallest absolute Gasteiger partial charge is 0.229 e. The molecule has 0 aliphatic rings. The highest BCUT2D eigenvalue weighted by Gasteiger charge is 2.19. The van der Waals surface area contributed by atoms with Crippen molar-refractivity contribution in [3.63, 3.8) is 0 Å². The largest absolute Gasteiger partial charge is 0.493 e. The van der Waals surface area contributed by atoms with E-state index in [2.05, 4.69) is 0 Å². The monoisotopic (exact) mass is 342 g/mol. The average molecular weight is 342 g/mol. The third kappa shape index (κ3) is 4.66. The molecule has 0 spiro atoms. The lowest BCUT2D eigenvalue weighted by Gasteiger charge is -2.25. The van der Waals surface area contributed by atoms with E-state index in [9.17, 15) is 4.79 Å². The normalized spacial score (nSPS) is 10.6. The van der Waals surface area contributed by atoms with E-state index < -0.39 is 0 Å². The number of amides is 1.